The third-order valence-corrected chi connectivity index (χ3v) is 4.36. The van der Waals surface area contributed by atoms with Crippen molar-refractivity contribution < 1.29 is 13.9 Å². The van der Waals surface area contributed by atoms with Crippen molar-refractivity contribution in [2.45, 2.75) is 25.3 Å². The maximum absolute atomic E-state index is 13.1. The van der Waals surface area contributed by atoms with Gasteiger partial charge in [0.15, 0.2) is 6.61 Å². The van der Waals surface area contributed by atoms with Crippen LogP contribution in [0.5, 0.6) is 5.75 Å². The predicted molar refractivity (Wildman–Crippen MR) is 86.8 cm³/mol. The molecule has 0 bridgehead atoms. The van der Waals surface area contributed by atoms with Gasteiger partial charge in [-0.2, -0.15) is 0 Å². The average molecular weight is 313 g/mol. The molecule has 2 aromatic carbocycles. The average Bonchev–Trinajstić information content (AvgIpc) is 2.58. The Morgan fingerprint density at radius 2 is 2.09 bits per heavy atom. The van der Waals surface area contributed by atoms with Gasteiger partial charge in [0, 0.05) is 13.1 Å². The van der Waals surface area contributed by atoms with Crippen LogP contribution < -0.4 is 4.74 Å². The third-order valence-electron chi connectivity index (χ3n) is 4.36. The molecule has 2 aromatic rings. The van der Waals surface area contributed by atoms with Crippen LogP contribution in [0.4, 0.5) is 4.39 Å². The Hall–Kier alpha value is -2.36. The van der Waals surface area contributed by atoms with E-state index in [-0.39, 0.29) is 24.4 Å². The lowest BCUT2D eigenvalue weighted by molar-refractivity contribution is -0.134. The fraction of sp³-hybridized carbons (Fsp3) is 0.316. The molecule has 0 N–H and O–H groups in total. The molecule has 0 aliphatic heterocycles. The summed E-state index contributed by atoms with van der Waals surface area (Å²) in [5.41, 5.74) is 2.54. The lowest BCUT2D eigenvalue weighted by Crippen LogP contribution is -2.36. The predicted octanol–water partition coefficient (Wildman–Crippen LogP) is 3.74. The van der Waals surface area contributed by atoms with E-state index in [1.54, 1.807) is 17.0 Å². The Kier molecular flexibility index (Phi) is 4.60. The Balaban J connectivity index is 1.66. The minimum atomic E-state index is -0.371. The van der Waals surface area contributed by atoms with Crippen molar-refractivity contribution in [3.05, 3.63) is 65.5 Å². The highest BCUT2D eigenvalue weighted by atomic mass is 19.1. The molecule has 3 nitrogen and oxygen atoms in total. The number of ether oxygens (including phenoxy) is 1. The van der Waals surface area contributed by atoms with Gasteiger partial charge in [-0.1, -0.05) is 30.3 Å². The summed E-state index contributed by atoms with van der Waals surface area (Å²) in [5, 5.41) is 0. The molecular formula is C19H20FNO2. The number of rotatable bonds is 4. The fourth-order valence-corrected chi connectivity index (χ4v) is 3.11. The van der Waals surface area contributed by atoms with Crippen LogP contribution in [0.1, 0.15) is 30.0 Å². The van der Waals surface area contributed by atoms with Gasteiger partial charge in [0.2, 0.25) is 0 Å². The second kappa shape index (κ2) is 6.82. The number of hydrogen-bond acceptors (Lipinski definition) is 2. The van der Waals surface area contributed by atoms with Gasteiger partial charge in [0.05, 0.1) is 6.04 Å². The molecule has 0 fully saturated rings. The molecule has 1 amide bonds. The molecule has 0 spiro atoms. The quantitative estimate of drug-likeness (QED) is 0.860. The summed E-state index contributed by atoms with van der Waals surface area (Å²) in [6.45, 7) is -0.0847. The molecule has 0 saturated heterocycles. The molecule has 23 heavy (non-hydrogen) atoms. The SMILES string of the molecule is CN(C(=O)COc1cccc(F)c1)C1CCCc2ccccc21. The monoisotopic (exact) mass is 313 g/mol. The lowest BCUT2D eigenvalue weighted by Gasteiger charge is -2.33. The molecule has 4 heteroatoms. The highest BCUT2D eigenvalue weighted by molar-refractivity contribution is 5.78. The molecule has 1 aliphatic carbocycles. The van der Waals surface area contributed by atoms with Crippen molar-refractivity contribution in [3.63, 3.8) is 0 Å². The maximum atomic E-state index is 13.1. The van der Waals surface area contributed by atoms with Gasteiger partial charge in [-0.25, -0.2) is 4.39 Å². The van der Waals surface area contributed by atoms with Crippen molar-refractivity contribution in [3.8, 4) is 5.75 Å². The van der Waals surface area contributed by atoms with Crippen molar-refractivity contribution in [1.82, 2.24) is 4.90 Å². The van der Waals surface area contributed by atoms with E-state index in [1.807, 2.05) is 19.2 Å². The lowest BCUT2D eigenvalue weighted by atomic mass is 9.87. The van der Waals surface area contributed by atoms with Gasteiger partial charge in [-0.15, -0.1) is 0 Å². The molecular weight excluding hydrogens is 293 g/mol. The normalized spacial score (nSPS) is 16.5. The molecule has 0 saturated carbocycles. The highest BCUT2D eigenvalue weighted by Gasteiger charge is 2.26. The first-order valence-electron chi connectivity index (χ1n) is 7.87. The summed E-state index contributed by atoms with van der Waals surface area (Å²) >= 11 is 0. The van der Waals surface area contributed by atoms with Crippen LogP contribution in [0.25, 0.3) is 0 Å². The minimum absolute atomic E-state index is 0.0847. The van der Waals surface area contributed by atoms with E-state index < -0.39 is 0 Å². The Labute approximate surface area is 135 Å². The third kappa shape index (κ3) is 3.52. The second-order valence-corrected chi connectivity index (χ2v) is 5.86. The van der Waals surface area contributed by atoms with Crippen LogP contribution in [0.2, 0.25) is 0 Å². The first-order chi connectivity index (χ1) is 11.1. The van der Waals surface area contributed by atoms with Crippen molar-refractivity contribution in [2.75, 3.05) is 13.7 Å². The van der Waals surface area contributed by atoms with E-state index in [0.717, 1.165) is 19.3 Å². The number of amides is 1. The smallest absolute Gasteiger partial charge is 0.260 e. The summed E-state index contributed by atoms with van der Waals surface area (Å²) < 4.78 is 18.5. The van der Waals surface area contributed by atoms with Gasteiger partial charge in [-0.05, 0) is 42.5 Å². The summed E-state index contributed by atoms with van der Waals surface area (Å²) in [6, 6.07) is 14.2. The molecule has 1 atom stereocenters. The Morgan fingerprint density at radius 1 is 1.26 bits per heavy atom. The Morgan fingerprint density at radius 3 is 2.91 bits per heavy atom. The number of aryl methyl sites for hydroxylation is 1. The first kappa shape index (κ1) is 15.5. The number of hydrogen-bond donors (Lipinski definition) is 0. The number of halogens is 1. The van der Waals surface area contributed by atoms with E-state index in [4.69, 9.17) is 4.74 Å². The summed E-state index contributed by atoms with van der Waals surface area (Å²) in [6.07, 6.45) is 3.10. The number of fused-ring (bicyclic) bond motifs is 1. The van der Waals surface area contributed by atoms with E-state index >= 15 is 0 Å². The second-order valence-electron chi connectivity index (χ2n) is 5.86. The van der Waals surface area contributed by atoms with E-state index in [0.29, 0.717) is 5.75 Å². The Bertz CT molecular complexity index is 701. The van der Waals surface area contributed by atoms with Crippen LogP contribution in [0, 0.1) is 5.82 Å². The van der Waals surface area contributed by atoms with E-state index in [1.165, 1.54) is 23.3 Å². The first-order valence-corrected chi connectivity index (χ1v) is 7.87. The van der Waals surface area contributed by atoms with Gasteiger partial charge in [0.25, 0.3) is 5.91 Å². The van der Waals surface area contributed by atoms with E-state index in [9.17, 15) is 9.18 Å². The molecule has 0 radical (unpaired) electrons. The molecule has 0 heterocycles. The summed E-state index contributed by atoms with van der Waals surface area (Å²) in [4.78, 5) is 14.2. The van der Waals surface area contributed by atoms with Crippen LogP contribution >= 0.6 is 0 Å². The van der Waals surface area contributed by atoms with Crippen LogP contribution in [-0.2, 0) is 11.2 Å². The van der Waals surface area contributed by atoms with E-state index in [2.05, 4.69) is 12.1 Å². The molecule has 3 rings (SSSR count). The number of benzene rings is 2. The zero-order chi connectivity index (χ0) is 16.2. The molecule has 1 unspecified atom stereocenters. The number of nitrogens with zero attached hydrogens (tertiary/aromatic N) is 1. The highest BCUT2D eigenvalue weighted by Crippen LogP contribution is 2.33. The number of carbonyl (C=O) groups is 1. The minimum Gasteiger partial charge on any atom is -0.484 e. The number of carbonyl (C=O) groups excluding carboxylic acids is 1. The topological polar surface area (TPSA) is 29.5 Å². The van der Waals surface area contributed by atoms with Gasteiger partial charge in [0.1, 0.15) is 11.6 Å². The standard InChI is InChI=1S/C19H20FNO2/c1-21(18-11-4-7-14-6-2-3-10-17(14)18)19(22)13-23-16-9-5-8-15(20)12-16/h2-3,5-6,8-10,12,18H,4,7,11,13H2,1H3. The van der Waals surface area contributed by atoms with Crippen molar-refractivity contribution in [1.29, 1.82) is 0 Å². The fourth-order valence-electron chi connectivity index (χ4n) is 3.11. The molecule has 0 aromatic heterocycles. The van der Waals surface area contributed by atoms with Crippen LogP contribution in [0.3, 0.4) is 0 Å². The summed E-state index contributed by atoms with van der Waals surface area (Å²) in [5.74, 6) is -0.101. The zero-order valence-electron chi connectivity index (χ0n) is 13.2. The van der Waals surface area contributed by atoms with Crippen LogP contribution in [0.15, 0.2) is 48.5 Å². The van der Waals surface area contributed by atoms with Crippen LogP contribution in [-0.4, -0.2) is 24.5 Å². The van der Waals surface area contributed by atoms with Crippen molar-refractivity contribution in [2.24, 2.45) is 0 Å². The van der Waals surface area contributed by atoms with Gasteiger partial charge < -0.3 is 9.64 Å². The summed E-state index contributed by atoms with van der Waals surface area (Å²) in [7, 11) is 1.81. The molecule has 120 valence electrons. The van der Waals surface area contributed by atoms with Crippen molar-refractivity contribution >= 4 is 5.91 Å². The van der Waals surface area contributed by atoms with Gasteiger partial charge >= 0.3 is 0 Å². The number of likely N-dealkylation sites (N-methyl/N-ethyl adjacent to an activating group) is 1. The maximum Gasteiger partial charge on any atom is 0.260 e. The zero-order valence-corrected chi connectivity index (χ0v) is 13.2. The van der Waals surface area contributed by atoms with Gasteiger partial charge in [-0.3, -0.25) is 4.79 Å². The largest absolute Gasteiger partial charge is 0.484 e. The molecule has 1 aliphatic rings.